The van der Waals surface area contributed by atoms with Crippen LogP contribution in [0.3, 0.4) is 0 Å². The predicted octanol–water partition coefficient (Wildman–Crippen LogP) is -0.593. The Morgan fingerprint density at radius 2 is 1.19 bits per heavy atom. The van der Waals surface area contributed by atoms with E-state index in [-0.39, 0.29) is 12.5 Å². The molecule has 0 heterocycles. The number of aliphatic hydroxyl groups excluding tert-OH is 5. The fraction of sp³-hybridized carbons (Fsp3) is 1.00. The van der Waals surface area contributed by atoms with Gasteiger partial charge in [0.05, 0.1) is 12.1 Å². The van der Waals surface area contributed by atoms with Gasteiger partial charge in [-0.2, -0.15) is 0 Å². The summed E-state index contributed by atoms with van der Waals surface area (Å²) in [4.78, 5) is 0. The first-order chi connectivity index (χ1) is 15.2. The zero-order chi connectivity index (χ0) is 24.5. The largest absolute Gasteiger partial charge is 0.392 e. The Morgan fingerprint density at radius 1 is 0.625 bits per heavy atom. The van der Waals surface area contributed by atoms with E-state index in [4.69, 9.17) is 5.73 Å². The van der Waals surface area contributed by atoms with Crippen molar-refractivity contribution in [3.05, 3.63) is 0 Å². The molecule has 7 atom stereocenters. The maximum Gasteiger partial charge on any atom is 0.153 e. The molecular formula is C22H50N4O6. The van der Waals surface area contributed by atoms with Gasteiger partial charge in [-0.05, 0) is 38.6 Å². The van der Waals surface area contributed by atoms with Crippen molar-refractivity contribution < 1.29 is 30.6 Å². The van der Waals surface area contributed by atoms with Gasteiger partial charge >= 0.3 is 0 Å². The number of hydrogen-bond acceptors (Lipinski definition) is 10. The lowest BCUT2D eigenvalue weighted by Crippen LogP contribution is -2.60. The second-order valence-corrected chi connectivity index (χ2v) is 8.66. The highest BCUT2D eigenvalue weighted by Crippen LogP contribution is 2.13. The van der Waals surface area contributed by atoms with Gasteiger partial charge in [-0.15, -0.1) is 0 Å². The highest BCUT2D eigenvalue weighted by Gasteiger charge is 2.30. The van der Waals surface area contributed by atoms with E-state index in [1.54, 1.807) is 0 Å². The molecule has 32 heavy (non-hydrogen) atoms. The van der Waals surface area contributed by atoms with Crippen LogP contribution in [0.2, 0.25) is 0 Å². The van der Waals surface area contributed by atoms with Gasteiger partial charge in [0.15, 0.2) is 6.29 Å². The molecule has 0 amide bonds. The van der Waals surface area contributed by atoms with Crippen LogP contribution in [0.5, 0.6) is 0 Å². The van der Waals surface area contributed by atoms with E-state index in [0.29, 0.717) is 45.1 Å². The minimum absolute atomic E-state index is 0.212. The van der Waals surface area contributed by atoms with Crippen molar-refractivity contribution in [3.8, 4) is 0 Å². The average Bonchev–Trinajstić information content (AvgIpc) is 2.73. The Labute approximate surface area is 193 Å². The lowest BCUT2D eigenvalue weighted by atomic mass is 9.99. The third-order valence-corrected chi connectivity index (χ3v) is 5.60. The van der Waals surface area contributed by atoms with Crippen LogP contribution < -0.4 is 21.7 Å². The summed E-state index contributed by atoms with van der Waals surface area (Å²) < 4.78 is 0. The summed E-state index contributed by atoms with van der Waals surface area (Å²) >= 11 is 0. The first-order valence-corrected chi connectivity index (χ1v) is 12.3. The Balaban J connectivity index is 5.30. The number of unbranched alkanes of at least 4 members (excludes halogenated alkanes) is 1. The van der Waals surface area contributed by atoms with E-state index < -0.39 is 43.2 Å². The molecule has 0 fully saturated rings. The molecule has 0 bridgehead atoms. The van der Waals surface area contributed by atoms with Gasteiger partial charge in [0.25, 0.3) is 0 Å². The maximum absolute atomic E-state index is 10.9. The molecule has 0 aliphatic carbocycles. The van der Waals surface area contributed by atoms with Crippen molar-refractivity contribution in [3.63, 3.8) is 0 Å². The predicted molar refractivity (Wildman–Crippen MR) is 125 cm³/mol. The summed E-state index contributed by atoms with van der Waals surface area (Å²) in [6.45, 7) is 6.37. The van der Waals surface area contributed by atoms with E-state index in [1.165, 1.54) is 0 Å². The maximum atomic E-state index is 10.9. The van der Waals surface area contributed by atoms with Crippen molar-refractivity contribution in [1.82, 2.24) is 16.0 Å². The first-order valence-electron chi connectivity index (χ1n) is 12.3. The van der Waals surface area contributed by atoms with Crippen LogP contribution >= 0.6 is 0 Å². The fourth-order valence-electron chi connectivity index (χ4n) is 3.77. The van der Waals surface area contributed by atoms with Gasteiger partial charge < -0.3 is 36.4 Å². The van der Waals surface area contributed by atoms with Gasteiger partial charge in [-0.1, -0.05) is 46.5 Å². The summed E-state index contributed by atoms with van der Waals surface area (Å²) in [7, 11) is 0. The van der Waals surface area contributed by atoms with E-state index in [1.807, 2.05) is 13.8 Å². The van der Waals surface area contributed by atoms with Gasteiger partial charge in [-0.25, -0.2) is 0 Å². The molecule has 0 aromatic carbocycles. The topological polar surface area (TPSA) is 183 Å². The Hall–Kier alpha value is -0.400. The van der Waals surface area contributed by atoms with Gasteiger partial charge in [0.1, 0.15) is 18.7 Å². The second kappa shape index (κ2) is 19.0. The number of hydrogen-bond donors (Lipinski definition) is 10. The molecule has 0 aromatic rings. The van der Waals surface area contributed by atoms with Crippen LogP contribution in [0, 0.1) is 0 Å². The molecule has 0 rings (SSSR count). The van der Waals surface area contributed by atoms with E-state index in [2.05, 4.69) is 22.9 Å². The fourth-order valence-corrected chi connectivity index (χ4v) is 3.77. The van der Waals surface area contributed by atoms with Gasteiger partial charge in [0, 0.05) is 18.5 Å². The molecule has 0 radical (unpaired) electrons. The van der Waals surface area contributed by atoms with E-state index in [0.717, 1.165) is 19.3 Å². The molecule has 0 aromatic heterocycles. The molecule has 194 valence electrons. The molecular weight excluding hydrogens is 416 g/mol. The monoisotopic (exact) mass is 466 g/mol. The molecule has 0 aliphatic rings. The summed E-state index contributed by atoms with van der Waals surface area (Å²) in [6.07, 6.45) is 0.526. The van der Waals surface area contributed by atoms with Gasteiger partial charge in [0.2, 0.25) is 0 Å². The molecule has 0 saturated carbocycles. The Kier molecular flexibility index (Phi) is 18.7. The van der Waals surface area contributed by atoms with Crippen molar-refractivity contribution in [2.24, 2.45) is 5.73 Å². The van der Waals surface area contributed by atoms with Gasteiger partial charge in [-0.3, -0.25) is 16.0 Å². The lowest BCUT2D eigenvalue weighted by Gasteiger charge is -2.35. The molecule has 7 unspecified atom stereocenters. The van der Waals surface area contributed by atoms with Crippen LogP contribution in [-0.4, -0.2) is 86.4 Å². The van der Waals surface area contributed by atoms with Crippen molar-refractivity contribution in [2.75, 3.05) is 6.54 Å². The zero-order valence-electron chi connectivity index (χ0n) is 20.2. The molecule has 0 aliphatic heterocycles. The lowest BCUT2D eigenvalue weighted by molar-refractivity contribution is -0.0749. The third kappa shape index (κ3) is 14.0. The standard InChI is InChI=1S/C22H50N4O6/c1-4-7-11-15(18(27)9-5-2)25-21(31)16(12-8-13-23)26-22(32)17(14-20(29)30)24-19(28)10-6-3/h15-22,24-32H,4-14,23H2,1-3H3. The number of aliphatic hydroxyl groups is 6. The molecule has 10 nitrogen and oxygen atoms in total. The summed E-state index contributed by atoms with van der Waals surface area (Å²) in [5.41, 5.74) is 5.64. The SMILES string of the molecule is CCCCC(NC(O)C(CCCN)NC(O)C(CC(O)O)NC(O)CCC)C(O)CCC. The first kappa shape index (κ1) is 31.6. The quantitative estimate of drug-likeness (QED) is 0.0981. The summed E-state index contributed by atoms with van der Waals surface area (Å²) in [5, 5.41) is 69.9. The summed E-state index contributed by atoms with van der Waals surface area (Å²) in [5.74, 6) is 0. The minimum atomic E-state index is -1.68. The van der Waals surface area contributed by atoms with Crippen LogP contribution in [-0.2, 0) is 0 Å². The minimum Gasteiger partial charge on any atom is -0.392 e. The van der Waals surface area contributed by atoms with Crippen LogP contribution in [0.15, 0.2) is 0 Å². The zero-order valence-corrected chi connectivity index (χ0v) is 20.2. The van der Waals surface area contributed by atoms with Crippen molar-refractivity contribution >= 4 is 0 Å². The Bertz CT molecular complexity index is 435. The highest BCUT2D eigenvalue weighted by atomic mass is 16.5. The number of nitrogens with two attached hydrogens (primary N) is 1. The normalized spacial score (nSPS) is 18.8. The van der Waals surface area contributed by atoms with Crippen LogP contribution in [0.1, 0.15) is 85.0 Å². The van der Waals surface area contributed by atoms with Crippen molar-refractivity contribution in [2.45, 2.75) is 134 Å². The highest BCUT2D eigenvalue weighted by molar-refractivity contribution is 4.86. The van der Waals surface area contributed by atoms with Crippen molar-refractivity contribution in [1.29, 1.82) is 0 Å². The average molecular weight is 467 g/mol. The van der Waals surface area contributed by atoms with E-state index >= 15 is 0 Å². The number of nitrogens with one attached hydrogen (secondary N) is 3. The number of rotatable bonds is 21. The summed E-state index contributed by atoms with van der Waals surface area (Å²) in [6, 6.07) is -1.75. The Morgan fingerprint density at radius 3 is 1.72 bits per heavy atom. The smallest absolute Gasteiger partial charge is 0.153 e. The third-order valence-electron chi connectivity index (χ3n) is 5.60. The van der Waals surface area contributed by atoms with Crippen LogP contribution in [0.25, 0.3) is 0 Å². The molecule has 11 N–H and O–H groups in total. The molecule has 0 spiro atoms. The van der Waals surface area contributed by atoms with Crippen LogP contribution in [0.4, 0.5) is 0 Å². The molecule has 0 saturated heterocycles. The second-order valence-electron chi connectivity index (χ2n) is 8.66. The molecule has 10 heteroatoms. The van der Waals surface area contributed by atoms with E-state index in [9.17, 15) is 30.6 Å².